The zero-order valence-corrected chi connectivity index (χ0v) is 18.0. The predicted octanol–water partition coefficient (Wildman–Crippen LogP) is 4.86. The van der Waals surface area contributed by atoms with Gasteiger partial charge in [-0.2, -0.15) is 5.10 Å². The van der Waals surface area contributed by atoms with E-state index in [4.69, 9.17) is 26.2 Å². The van der Waals surface area contributed by atoms with Gasteiger partial charge in [0.1, 0.15) is 0 Å². The Balaban J connectivity index is 1.55. The van der Waals surface area contributed by atoms with Crippen molar-refractivity contribution in [2.24, 2.45) is 5.10 Å². The molecule has 0 aromatic heterocycles. The van der Waals surface area contributed by atoms with Crippen molar-refractivity contribution in [2.45, 2.75) is 51.0 Å². The minimum Gasteiger partial charge on any atom is -0.376 e. The number of para-hydroxylation sites is 1. The molecule has 150 valence electrons. The number of likely N-dealkylation sites (tertiary alicyclic amines) is 1. The Hall–Kier alpha value is -1.20. The molecule has 5 rings (SSSR count). The number of nitrogens with zero attached hydrogens (tertiary/aromatic N) is 3. The molecule has 0 bridgehead atoms. The smallest absolute Gasteiger partial charge is 0.209 e. The van der Waals surface area contributed by atoms with E-state index in [9.17, 15) is 0 Å². The number of hydrazone groups is 1. The van der Waals surface area contributed by atoms with E-state index in [2.05, 4.69) is 17.0 Å². The van der Waals surface area contributed by atoms with Crippen LogP contribution in [0.1, 0.15) is 44.9 Å². The van der Waals surface area contributed by atoms with Gasteiger partial charge in [0.25, 0.3) is 0 Å². The molecule has 5 nitrogen and oxygen atoms in total. The van der Waals surface area contributed by atoms with E-state index in [0.29, 0.717) is 6.61 Å². The summed E-state index contributed by atoms with van der Waals surface area (Å²) >= 11 is 6.38. The molecule has 2 fully saturated rings. The highest BCUT2D eigenvalue weighted by atomic mass is 32.4. The quantitative estimate of drug-likeness (QED) is 0.640. The molecule has 0 amide bonds. The van der Waals surface area contributed by atoms with Crippen LogP contribution in [-0.2, 0) is 21.1 Å². The summed E-state index contributed by atoms with van der Waals surface area (Å²) in [6, 6.07) is 10.3. The first-order chi connectivity index (χ1) is 13.8. The molecule has 0 unspecified atom stereocenters. The Morgan fingerprint density at radius 2 is 1.93 bits per heavy atom. The number of rotatable bonds is 5. The molecule has 0 N–H and O–H groups in total. The third-order valence-corrected chi connectivity index (χ3v) is 9.78. The minimum atomic E-state index is -2.47. The van der Waals surface area contributed by atoms with Gasteiger partial charge in [-0.25, -0.2) is 4.78 Å². The normalized spacial score (nSPS) is 30.1. The standard InChI is InChI=1S/C21H28N3O2PS/c28-27(26-16-18-10-7-15-25-18)21-19(22-24(27)17-8-2-1-3-9-17)11-6-12-20(21)23-13-4-5-14-23/h1-3,8-9,18H,4-7,10-16H2/t18-,27+/m1/s1. The lowest BCUT2D eigenvalue weighted by atomic mass is 10.0. The van der Waals surface area contributed by atoms with Crippen LogP contribution in [0.4, 0.5) is 5.69 Å². The lowest BCUT2D eigenvalue weighted by Crippen LogP contribution is -2.25. The van der Waals surface area contributed by atoms with E-state index in [-0.39, 0.29) is 6.10 Å². The summed E-state index contributed by atoms with van der Waals surface area (Å²) in [5.74, 6) is 0. The van der Waals surface area contributed by atoms with Gasteiger partial charge < -0.3 is 14.2 Å². The number of fused-ring (bicyclic) bond motifs is 1. The predicted molar refractivity (Wildman–Crippen MR) is 117 cm³/mol. The van der Waals surface area contributed by atoms with Crippen molar-refractivity contribution in [2.75, 3.05) is 31.1 Å². The number of hydrogen-bond acceptors (Lipinski definition) is 5. The van der Waals surface area contributed by atoms with Crippen LogP contribution in [0.3, 0.4) is 0 Å². The average molecular weight is 418 g/mol. The molecule has 7 heteroatoms. The largest absolute Gasteiger partial charge is 0.376 e. The topological polar surface area (TPSA) is 37.3 Å². The van der Waals surface area contributed by atoms with Crippen LogP contribution in [0, 0.1) is 0 Å². The maximum Gasteiger partial charge on any atom is 0.209 e. The first kappa shape index (κ1) is 18.8. The molecular weight excluding hydrogens is 389 g/mol. The second-order valence-electron chi connectivity index (χ2n) is 7.97. The van der Waals surface area contributed by atoms with Crippen LogP contribution in [-0.4, -0.2) is 43.0 Å². The molecule has 3 heterocycles. The van der Waals surface area contributed by atoms with Gasteiger partial charge in [0, 0.05) is 25.4 Å². The fourth-order valence-corrected chi connectivity index (χ4v) is 8.39. The monoisotopic (exact) mass is 417 g/mol. The molecule has 1 aromatic carbocycles. The fraction of sp³-hybridized carbons (Fsp3) is 0.571. The summed E-state index contributed by atoms with van der Waals surface area (Å²) < 4.78 is 14.5. The minimum absolute atomic E-state index is 0.168. The molecule has 0 spiro atoms. The number of benzene rings is 1. The van der Waals surface area contributed by atoms with Crippen molar-refractivity contribution in [3.63, 3.8) is 0 Å². The van der Waals surface area contributed by atoms with Gasteiger partial charge in [0.15, 0.2) is 0 Å². The van der Waals surface area contributed by atoms with Crippen molar-refractivity contribution < 1.29 is 9.26 Å². The van der Waals surface area contributed by atoms with E-state index in [1.54, 1.807) is 0 Å². The third-order valence-electron chi connectivity index (χ3n) is 6.06. The number of hydrogen-bond donors (Lipinski definition) is 0. The summed E-state index contributed by atoms with van der Waals surface area (Å²) in [5, 5.41) is 6.29. The van der Waals surface area contributed by atoms with Gasteiger partial charge in [0.2, 0.25) is 6.42 Å². The molecule has 2 atom stereocenters. The lowest BCUT2D eigenvalue weighted by molar-refractivity contribution is 0.0721. The van der Waals surface area contributed by atoms with E-state index < -0.39 is 6.42 Å². The van der Waals surface area contributed by atoms with Gasteiger partial charge in [-0.05, 0) is 68.9 Å². The van der Waals surface area contributed by atoms with Crippen molar-refractivity contribution in [3.05, 3.63) is 41.3 Å². The zero-order chi connectivity index (χ0) is 19.0. The van der Waals surface area contributed by atoms with Crippen molar-refractivity contribution >= 4 is 29.6 Å². The maximum absolute atomic E-state index is 6.63. The Kier molecular flexibility index (Phi) is 5.31. The van der Waals surface area contributed by atoms with Crippen molar-refractivity contribution in [1.29, 1.82) is 0 Å². The van der Waals surface area contributed by atoms with Crippen LogP contribution in [0.2, 0.25) is 0 Å². The van der Waals surface area contributed by atoms with Gasteiger partial charge in [-0.3, -0.25) is 0 Å². The number of anilines is 1. The average Bonchev–Trinajstić information content (AvgIpc) is 3.48. The van der Waals surface area contributed by atoms with E-state index in [1.807, 2.05) is 23.0 Å². The highest BCUT2D eigenvalue weighted by Crippen LogP contribution is 2.67. The summed E-state index contributed by atoms with van der Waals surface area (Å²) in [6.07, 6.45) is 5.65. The Bertz CT molecular complexity index is 829. The van der Waals surface area contributed by atoms with Crippen LogP contribution in [0.15, 0.2) is 46.4 Å². The fourth-order valence-electron chi connectivity index (χ4n) is 4.66. The molecule has 0 radical (unpaired) electrons. The Labute approximate surface area is 172 Å². The molecular formula is C21H28N3O2PS. The van der Waals surface area contributed by atoms with E-state index in [0.717, 1.165) is 63.2 Å². The SMILES string of the molecule is S=[P@@]1(OC[C@H]2CCCO2)C2=C(N3CCCC3)CCCC2=NN1c1ccccc1. The molecule has 28 heavy (non-hydrogen) atoms. The highest BCUT2D eigenvalue weighted by Gasteiger charge is 2.45. The number of ether oxygens (including phenoxy) is 1. The molecule has 3 aliphatic heterocycles. The maximum atomic E-state index is 6.63. The third kappa shape index (κ3) is 3.35. The van der Waals surface area contributed by atoms with Crippen LogP contribution < -0.4 is 4.78 Å². The van der Waals surface area contributed by atoms with Gasteiger partial charge in [0.05, 0.1) is 29.4 Å². The second-order valence-corrected chi connectivity index (χ2v) is 11.6. The first-order valence-electron chi connectivity index (χ1n) is 10.5. The van der Waals surface area contributed by atoms with Gasteiger partial charge in [-0.1, -0.05) is 18.2 Å². The zero-order valence-electron chi connectivity index (χ0n) is 16.3. The van der Waals surface area contributed by atoms with Crippen molar-refractivity contribution in [3.8, 4) is 0 Å². The summed E-state index contributed by atoms with van der Waals surface area (Å²) in [6.45, 7) is 3.68. The lowest BCUT2D eigenvalue weighted by Gasteiger charge is -2.34. The highest BCUT2D eigenvalue weighted by molar-refractivity contribution is 8.15. The first-order valence-corrected chi connectivity index (χ1v) is 13.2. The van der Waals surface area contributed by atoms with E-state index in [1.165, 1.54) is 23.9 Å². The molecule has 1 aromatic rings. The Morgan fingerprint density at radius 3 is 2.68 bits per heavy atom. The van der Waals surface area contributed by atoms with Crippen LogP contribution in [0.5, 0.6) is 0 Å². The summed E-state index contributed by atoms with van der Waals surface area (Å²) in [4.78, 5) is 2.55. The second kappa shape index (κ2) is 7.91. The van der Waals surface area contributed by atoms with Gasteiger partial charge >= 0.3 is 0 Å². The summed E-state index contributed by atoms with van der Waals surface area (Å²) in [5.41, 5.74) is 3.61. The van der Waals surface area contributed by atoms with E-state index >= 15 is 0 Å². The molecule has 1 aliphatic carbocycles. The number of allylic oxidation sites excluding steroid dienone is 2. The Morgan fingerprint density at radius 1 is 1.11 bits per heavy atom. The van der Waals surface area contributed by atoms with Crippen molar-refractivity contribution in [1.82, 2.24) is 4.90 Å². The molecule has 0 saturated carbocycles. The van der Waals surface area contributed by atoms with Crippen LogP contribution >= 0.6 is 6.42 Å². The molecule has 4 aliphatic rings. The van der Waals surface area contributed by atoms with Gasteiger partial charge in [-0.15, -0.1) is 0 Å². The summed E-state index contributed by atoms with van der Waals surface area (Å²) in [7, 11) is 0. The molecule has 2 saturated heterocycles. The van der Waals surface area contributed by atoms with Crippen LogP contribution in [0.25, 0.3) is 0 Å².